The van der Waals surface area contributed by atoms with Crippen molar-refractivity contribution in [1.82, 2.24) is 0 Å². The van der Waals surface area contributed by atoms with Gasteiger partial charge in [-0.2, -0.15) is 0 Å². The van der Waals surface area contributed by atoms with Crippen LogP contribution in [0.4, 0.5) is 0 Å². The fraction of sp³-hybridized carbons (Fsp3) is 0.840. The van der Waals surface area contributed by atoms with Gasteiger partial charge in [-0.1, -0.05) is 89.7 Å². The predicted octanol–water partition coefficient (Wildman–Crippen LogP) is 6.91. The summed E-state index contributed by atoms with van der Waals surface area (Å²) in [6.45, 7) is 3.16. The van der Waals surface area contributed by atoms with Crippen LogP contribution in [0.25, 0.3) is 0 Å². The van der Waals surface area contributed by atoms with Crippen LogP contribution in [0, 0.1) is 5.92 Å². The van der Waals surface area contributed by atoms with Crippen LogP contribution in [-0.2, 0) is 19.1 Å². The summed E-state index contributed by atoms with van der Waals surface area (Å²) in [6.07, 6.45) is 23.3. The van der Waals surface area contributed by atoms with Gasteiger partial charge in [0, 0.05) is 5.92 Å². The quantitative estimate of drug-likeness (QED) is 0.140. The maximum Gasteiger partial charge on any atom is 0.306 e. The van der Waals surface area contributed by atoms with Gasteiger partial charge in [-0.3, -0.25) is 9.59 Å². The van der Waals surface area contributed by atoms with Crippen LogP contribution in [0.1, 0.15) is 116 Å². The van der Waals surface area contributed by atoms with Crippen molar-refractivity contribution in [2.75, 3.05) is 13.2 Å². The molecule has 0 fully saturated rings. The molecular weight excluding hydrogens is 364 g/mol. The molecule has 1 aliphatic carbocycles. The summed E-state index contributed by atoms with van der Waals surface area (Å²) in [6, 6.07) is 0. The van der Waals surface area contributed by atoms with Gasteiger partial charge >= 0.3 is 11.9 Å². The van der Waals surface area contributed by atoms with Crippen LogP contribution in [-0.4, -0.2) is 25.2 Å². The Morgan fingerprint density at radius 2 is 1.34 bits per heavy atom. The molecule has 1 atom stereocenters. The molecule has 168 valence electrons. The monoisotopic (exact) mass is 408 g/mol. The van der Waals surface area contributed by atoms with Crippen molar-refractivity contribution in [1.29, 1.82) is 0 Å². The minimum Gasteiger partial charge on any atom is -0.466 e. The number of unbranched alkanes of at least 4 members (excludes halogenated alkanes) is 11. The van der Waals surface area contributed by atoms with E-state index in [4.69, 9.17) is 9.47 Å². The third-order valence-corrected chi connectivity index (χ3v) is 5.61. The van der Waals surface area contributed by atoms with E-state index in [0.717, 1.165) is 32.1 Å². The molecule has 0 aliphatic heterocycles. The van der Waals surface area contributed by atoms with Crippen molar-refractivity contribution < 1.29 is 19.1 Å². The molecule has 0 aromatic rings. The standard InChI is InChI=1S/C25H44O4/c1-2-3-4-5-6-7-8-9-10-11-12-16-21-28-24(26)19-20-25(27)29-22-23-17-14-13-15-18-23/h14,17,23H,2-13,15-16,18-22H2,1H3. The number of carbonyl (C=O) groups excluding carboxylic acids is 2. The molecule has 0 heterocycles. The molecule has 0 saturated heterocycles. The van der Waals surface area contributed by atoms with E-state index in [1.54, 1.807) is 0 Å². The Balaban J connectivity index is 1.82. The zero-order valence-electron chi connectivity index (χ0n) is 18.8. The third kappa shape index (κ3) is 16.2. The van der Waals surface area contributed by atoms with Gasteiger partial charge in [0.25, 0.3) is 0 Å². The zero-order chi connectivity index (χ0) is 21.0. The van der Waals surface area contributed by atoms with E-state index in [1.165, 1.54) is 64.2 Å². The fourth-order valence-electron chi connectivity index (χ4n) is 3.70. The molecular formula is C25H44O4. The first-order chi connectivity index (χ1) is 14.2. The van der Waals surface area contributed by atoms with Gasteiger partial charge in [0.15, 0.2) is 0 Å². The Labute approximate surface area is 178 Å². The number of rotatable bonds is 18. The summed E-state index contributed by atoms with van der Waals surface area (Å²) in [7, 11) is 0. The van der Waals surface area contributed by atoms with E-state index < -0.39 is 0 Å². The zero-order valence-corrected chi connectivity index (χ0v) is 18.8. The Morgan fingerprint density at radius 3 is 1.90 bits per heavy atom. The molecule has 1 aliphatic rings. The van der Waals surface area contributed by atoms with E-state index in [2.05, 4.69) is 19.1 Å². The van der Waals surface area contributed by atoms with Crippen LogP contribution < -0.4 is 0 Å². The topological polar surface area (TPSA) is 52.6 Å². The first-order valence-corrected chi connectivity index (χ1v) is 12.2. The molecule has 0 spiro atoms. The Kier molecular flexibility index (Phi) is 16.6. The lowest BCUT2D eigenvalue weighted by molar-refractivity contribution is -0.151. The molecule has 0 bridgehead atoms. The molecule has 1 unspecified atom stereocenters. The van der Waals surface area contributed by atoms with Crippen LogP contribution in [0.15, 0.2) is 12.2 Å². The van der Waals surface area contributed by atoms with E-state index in [9.17, 15) is 9.59 Å². The van der Waals surface area contributed by atoms with Crippen LogP contribution in [0.3, 0.4) is 0 Å². The first kappa shape index (κ1) is 25.7. The smallest absolute Gasteiger partial charge is 0.306 e. The van der Waals surface area contributed by atoms with Crippen molar-refractivity contribution in [3.05, 3.63) is 12.2 Å². The summed E-state index contributed by atoms with van der Waals surface area (Å²) >= 11 is 0. The average molecular weight is 409 g/mol. The highest BCUT2D eigenvalue weighted by Crippen LogP contribution is 2.17. The first-order valence-electron chi connectivity index (χ1n) is 12.2. The number of esters is 2. The molecule has 29 heavy (non-hydrogen) atoms. The third-order valence-electron chi connectivity index (χ3n) is 5.61. The molecule has 0 aromatic heterocycles. The van der Waals surface area contributed by atoms with Gasteiger partial charge in [0.2, 0.25) is 0 Å². The Hall–Kier alpha value is -1.32. The molecule has 1 rings (SSSR count). The van der Waals surface area contributed by atoms with E-state index in [-0.39, 0.29) is 24.8 Å². The van der Waals surface area contributed by atoms with Crippen molar-refractivity contribution in [3.63, 3.8) is 0 Å². The van der Waals surface area contributed by atoms with Crippen LogP contribution >= 0.6 is 0 Å². The van der Waals surface area contributed by atoms with Crippen molar-refractivity contribution >= 4 is 11.9 Å². The highest BCUT2D eigenvalue weighted by Gasteiger charge is 2.13. The van der Waals surface area contributed by atoms with Crippen molar-refractivity contribution in [3.8, 4) is 0 Å². The lowest BCUT2D eigenvalue weighted by atomic mass is 9.97. The Bertz CT molecular complexity index is 444. The second-order valence-corrected chi connectivity index (χ2v) is 8.41. The number of hydrogen-bond donors (Lipinski definition) is 0. The highest BCUT2D eigenvalue weighted by atomic mass is 16.5. The summed E-state index contributed by atoms with van der Waals surface area (Å²) < 4.78 is 10.5. The van der Waals surface area contributed by atoms with Crippen LogP contribution in [0.5, 0.6) is 0 Å². The largest absolute Gasteiger partial charge is 0.466 e. The molecule has 4 nitrogen and oxygen atoms in total. The van der Waals surface area contributed by atoms with Gasteiger partial charge in [0.05, 0.1) is 26.1 Å². The summed E-state index contributed by atoms with van der Waals surface area (Å²) in [4.78, 5) is 23.4. The SMILES string of the molecule is CCCCCCCCCCCCCCOC(=O)CCC(=O)OCC1C=CCCC1. The average Bonchev–Trinajstić information content (AvgIpc) is 2.74. The van der Waals surface area contributed by atoms with E-state index in [0.29, 0.717) is 19.1 Å². The number of ether oxygens (including phenoxy) is 2. The van der Waals surface area contributed by atoms with Crippen molar-refractivity contribution in [2.24, 2.45) is 5.92 Å². The maximum absolute atomic E-state index is 11.7. The number of allylic oxidation sites excluding steroid dienone is 1. The van der Waals surface area contributed by atoms with Crippen LogP contribution in [0.2, 0.25) is 0 Å². The maximum atomic E-state index is 11.7. The van der Waals surface area contributed by atoms with Gasteiger partial charge in [-0.05, 0) is 25.7 Å². The molecule has 0 aromatic carbocycles. The molecule has 0 amide bonds. The second kappa shape index (κ2) is 18.7. The predicted molar refractivity (Wildman–Crippen MR) is 119 cm³/mol. The van der Waals surface area contributed by atoms with E-state index >= 15 is 0 Å². The summed E-state index contributed by atoms with van der Waals surface area (Å²) in [5.74, 6) is -0.251. The molecule has 0 N–H and O–H groups in total. The number of hydrogen-bond acceptors (Lipinski definition) is 4. The molecule has 0 radical (unpaired) electrons. The lowest BCUT2D eigenvalue weighted by Gasteiger charge is -2.15. The Morgan fingerprint density at radius 1 is 0.793 bits per heavy atom. The lowest BCUT2D eigenvalue weighted by Crippen LogP contribution is -2.15. The molecule has 4 heteroatoms. The van der Waals surface area contributed by atoms with Gasteiger partial charge in [-0.25, -0.2) is 0 Å². The normalized spacial score (nSPS) is 16.0. The number of carbonyl (C=O) groups is 2. The summed E-state index contributed by atoms with van der Waals surface area (Å²) in [5.41, 5.74) is 0. The molecule has 0 saturated carbocycles. The second-order valence-electron chi connectivity index (χ2n) is 8.41. The van der Waals surface area contributed by atoms with Gasteiger partial charge < -0.3 is 9.47 Å². The van der Waals surface area contributed by atoms with Gasteiger partial charge in [0.1, 0.15) is 0 Å². The minimum atomic E-state index is -0.300. The highest BCUT2D eigenvalue weighted by molar-refractivity contribution is 5.77. The van der Waals surface area contributed by atoms with Crippen molar-refractivity contribution in [2.45, 2.75) is 116 Å². The van der Waals surface area contributed by atoms with E-state index in [1.807, 2.05) is 0 Å². The van der Waals surface area contributed by atoms with Gasteiger partial charge in [-0.15, -0.1) is 0 Å². The fourth-order valence-corrected chi connectivity index (χ4v) is 3.70. The summed E-state index contributed by atoms with van der Waals surface area (Å²) in [5, 5.41) is 0. The minimum absolute atomic E-state index is 0.119.